The Labute approximate surface area is 94.8 Å². The minimum Gasteiger partial charge on any atom is -0.481 e. The molecule has 1 saturated heterocycles. The molecular formula is C7H11IN2O4. The Kier molecular flexibility index (Phi) is 3.32. The lowest BCUT2D eigenvalue weighted by Crippen LogP contribution is -2.59. The minimum absolute atomic E-state index is 0.450. The van der Waals surface area contributed by atoms with Gasteiger partial charge in [0.2, 0.25) is 0 Å². The van der Waals surface area contributed by atoms with Crippen molar-refractivity contribution in [3.05, 3.63) is 0 Å². The van der Waals surface area contributed by atoms with Crippen LogP contribution < -0.4 is 9.01 Å². The molecule has 0 aromatic rings. The molecule has 0 aromatic heterocycles. The first-order valence-electron chi connectivity index (χ1n) is 4.03. The summed E-state index contributed by atoms with van der Waals surface area (Å²) in [5.74, 6) is -2.35. The summed E-state index contributed by atoms with van der Waals surface area (Å²) in [5, 5.41) is 8.90. The molecule has 1 heterocycles. The topological polar surface area (TPSA) is 87.7 Å². The van der Waals surface area contributed by atoms with Crippen molar-refractivity contribution in [2.45, 2.75) is 25.5 Å². The van der Waals surface area contributed by atoms with E-state index in [9.17, 15) is 9.59 Å². The molecule has 1 rings (SSSR count). The van der Waals surface area contributed by atoms with Gasteiger partial charge >= 0.3 is 5.97 Å². The van der Waals surface area contributed by atoms with Gasteiger partial charge in [0.25, 0.3) is 5.91 Å². The molecule has 1 amide bonds. The van der Waals surface area contributed by atoms with Crippen molar-refractivity contribution in [3.8, 4) is 0 Å². The summed E-state index contributed by atoms with van der Waals surface area (Å²) >= 11 is 1.77. The van der Waals surface area contributed by atoms with Gasteiger partial charge in [-0.15, -0.1) is 0 Å². The Morgan fingerprint density at radius 3 is 2.71 bits per heavy atom. The summed E-state index contributed by atoms with van der Waals surface area (Å²) in [5.41, 5.74) is 0.975. The van der Waals surface area contributed by atoms with Gasteiger partial charge in [0.05, 0.1) is 5.92 Å². The molecule has 1 aliphatic rings. The maximum atomic E-state index is 11.5. The van der Waals surface area contributed by atoms with Gasteiger partial charge < -0.3 is 5.11 Å². The Bertz CT molecular complexity index is 272. The van der Waals surface area contributed by atoms with E-state index in [0.29, 0.717) is 0 Å². The predicted octanol–water partition coefficient (Wildman–Crippen LogP) is -0.165. The number of carbonyl (C=O) groups excluding carboxylic acids is 1. The minimum atomic E-state index is -1.20. The standard InChI is InChI=1S/C7H11IN2O4/c1-3(5(11)12)7(10-8)4(2)14-9-6(7)13/h3-4,10H,1-2H3,(H,9,13)(H,11,12). The van der Waals surface area contributed by atoms with Gasteiger partial charge in [0, 0.05) is 22.9 Å². The first-order valence-corrected chi connectivity index (χ1v) is 5.11. The molecule has 6 nitrogen and oxygen atoms in total. The zero-order valence-electron chi connectivity index (χ0n) is 7.70. The van der Waals surface area contributed by atoms with E-state index in [1.807, 2.05) is 0 Å². The fraction of sp³-hybridized carbons (Fsp3) is 0.714. The van der Waals surface area contributed by atoms with Crippen molar-refractivity contribution < 1.29 is 19.5 Å². The van der Waals surface area contributed by atoms with E-state index in [1.54, 1.807) is 29.8 Å². The van der Waals surface area contributed by atoms with Crippen LogP contribution in [0, 0.1) is 5.92 Å². The highest BCUT2D eigenvalue weighted by Crippen LogP contribution is 2.29. The first-order chi connectivity index (χ1) is 6.46. The van der Waals surface area contributed by atoms with Crippen LogP contribution in [0.3, 0.4) is 0 Å². The van der Waals surface area contributed by atoms with E-state index in [4.69, 9.17) is 9.94 Å². The van der Waals surface area contributed by atoms with Gasteiger partial charge in [-0.1, -0.05) is 0 Å². The summed E-state index contributed by atoms with van der Waals surface area (Å²) < 4.78 is 2.71. The molecule has 0 spiro atoms. The Morgan fingerprint density at radius 1 is 1.86 bits per heavy atom. The Morgan fingerprint density at radius 2 is 2.43 bits per heavy atom. The lowest BCUT2D eigenvalue weighted by atomic mass is 9.82. The highest BCUT2D eigenvalue weighted by atomic mass is 127. The normalized spacial score (nSPS) is 33.9. The molecule has 80 valence electrons. The number of amides is 1. The van der Waals surface area contributed by atoms with Crippen molar-refractivity contribution in [2.75, 3.05) is 0 Å². The Balaban J connectivity index is 3.06. The molecule has 0 bridgehead atoms. The molecule has 0 aromatic carbocycles. The first kappa shape index (κ1) is 11.7. The monoisotopic (exact) mass is 314 g/mol. The summed E-state index contributed by atoms with van der Waals surface area (Å²) in [6, 6.07) is 0. The smallest absolute Gasteiger partial charge is 0.308 e. The largest absolute Gasteiger partial charge is 0.481 e. The number of nitrogens with one attached hydrogen (secondary N) is 2. The lowest BCUT2D eigenvalue weighted by Gasteiger charge is -2.30. The number of rotatable bonds is 3. The van der Waals surface area contributed by atoms with Crippen LogP contribution in [0.4, 0.5) is 0 Å². The van der Waals surface area contributed by atoms with Crippen molar-refractivity contribution in [1.29, 1.82) is 0 Å². The van der Waals surface area contributed by atoms with Crippen LogP contribution >= 0.6 is 22.9 Å². The van der Waals surface area contributed by atoms with E-state index >= 15 is 0 Å². The number of hydrogen-bond donors (Lipinski definition) is 3. The molecule has 0 radical (unpaired) electrons. The van der Waals surface area contributed by atoms with Crippen LogP contribution in [0.2, 0.25) is 0 Å². The molecule has 3 N–H and O–H groups in total. The van der Waals surface area contributed by atoms with E-state index in [0.717, 1.165) is 0 Å². The van der Waals surface area contributed by atoms with Gasteiger partial charge in [0.1, 0.15) is 11.6 Å². The number of hydrogen-bond acceptors (Lipinski definition) is 4. The highest BCUT2D eigenvalue weighted by molar-refractivity contribution is 14.1. The second-order valence-corrected chi connectivity index (χ2v) is 3.75. The van der Waals surface area contributed by atoms with Crippen LogP contribution in [0.1, 0.15) is 13.8 Å². The zero-order valence-corrected chi connectivity index (χ0v) is 9.86. The van der Waals surface area contributed by atoms with Crippen molar-refractivity contribution in [2.24, 2.45) is 5.92 Å². The van der Waals surface area contributed by atoms with Crippen LogP contribution in [0.25, 0.3) is 0 Å². The zero-order chi connectivity index (χ0) is 10.9. The number of halogens is 1. The molecule has 3 unspecified atom stereocenters. The van der Waals surface area contributed by atoms with E-state index in [2.05, 4.69) is 9.01 Å². The molecule has 0 saturated carbocycles. The van der Waals surface area contributed by atoms with Gasteiger partial charge in [-0.3, -0.25) is 14.4 Å². The third-order valence-electron chi connectivity index (χ3n) is 2.56. The number of carboxylic acids is 1. The molecular weight excluding hydrogens is 303 g/mol. The second kappa shape index (κ2) is 3.99. The summed E-state index contributed by atoms with van der Waals surface area (Å²) in [4.78, 5) is 27.3. The Hall–Kier alpha value is -0.410. The summed E-state index contributed by atoms with van der Waals surface area (Å²) in [7, 11) is 0. The summed E-state index contributed by atoms with van der Waals surface area (Å²) in [6.07, 6.45) is -0.530. The fourth-order valence-corrected chi connectivity index (χ4v) is 2.60. The lowest BCUT2D eigenvalue weighted by molar-refractivity contribution is -0.147. The number of carbonyl (C=O) groups is 2. The third kappa shape index (κ3) is 1.48. The molecule has 14 heavy (non-hydrogen) atoms. The van der Waals surface area contributed by atoms with Crippen LogP contribution in [-0.4, -0.2) is 28.6 Å². The van der Waals surface area contributed by atoms with Crippen LogP contribution in [0.5, 0.6) is 0 Å². The number of carboxylic acid groups (broad SMARTS) is 1. The maximum absolute atomic E-state index is 11.5. The molecule has 0 aliphatic carbocycles. The average molecular weight is 314 g/mol. The number of aliphatic carboxylic acids is 1. The van der Waals surface area contributed by atoms with Crippen molar-refractivity contribution >= 4 is 34.7 Å². The van der Waals surface area contributed by atoms with E-state index in [1.165, 1.54) is 6.92 Å². The molecule has 3 atom stereocenters. The fourth-order valence-electron chi connectivity index (χ4n) is 1.45. The number of hydroxylamine groups is 1. The predicted molar refractivity (Wildman–Crippen MR) is 55.4 cm³/mol. The second-order valence-electron chi connectivity index (χ2n) is 3.21. The molecule has 1 aliphatic heterocycles. The van der Waals surface area contributed by atoms with Gasteiger partial charge in [0.15, 0.2) is 0 Å². The van der Waals surface area contributed by atoms with Crippen LogP contribution in [0.15, 0.2) is 0 Å². The quantitative estimate of drug-likeness (QED) is 0.497. The van der Waals surface area contributed by atoms with Crippen molar-refractivity contribution in [3.63, 3.8) is 0 Å². The van der Waals surface area contributed by atoms with Crippen molar-refractivity contribution in [1.82, 2.24) is 9.01 Å². The molecule has 1 fully saturated rings. The summed E-state index contributed by atoms with van der Waals surface area (Å²) in [6.45, 7) is 3.11. The molecule has 7 heteroatoms. The van der Waals surface area contributed by atoms with Gasteiger partial charge in [-0.25, -0.2) is 9.01 Å². The van der Waals surface area contributed by atoms with Gasteiger partial charge in [-0.05, 0) is 13.8 Å². The average Bonchev–Trinajstić information content (AvgIpc) is 2.42. The van der Waals surface area contributed by atoms with E-state index < -0.39 is 29.4 Å². The SMILES string of the molecule is CC1ONC(=O)C1(NI)C(C)C(=O)O. The third-order valence-corrected chi connectivity index (χ3v) is 3.45. The van der Waals surface area contributed by atoms with E-state index in [-0.39, 0.29) is 0 Å². The van der Waals surface area contributed by atoms with Crippen LogP contribution in [-0.2, 0) is 14.4 Å². The highest BCUT2D eigenvalue weighted by Gasteiger charge is 2.56. The van der Waals surface area contributed by atoms with Gasteiger partial charge in [-0.2, -0.15) is 0 Å². The maximum Gasteiger partial charge on any atom is 0.308 e.